The molecule has 0 amide bonds. The highest BCUT2D eigenvalue weighted by molar-refractivity contribution is 5.77. The Balaban J connectivity index is 1.82. The normalized spacial score (nSPS) is 12.2. The Morgan fingerprint density at radius 1 is 1.00 bits per heavy atom. The molecule has 1 nitrogen and oxygen atoms in total. The standard InChI is InChI=1S/C24H30O/c1-19(2)10-8-11-20(3)16-17-25-24-15-9-14-23(18-24)21(4)22-12-6-5-7-13-22/h4,6-7,9,12-15,18-20H,8,10-11,16-17H2,1-3H3. The van der Waals surface area contributed by atoms with Crippen molar-refractivity contribution >= 4 is 5.57 Å². The van der Waals surface area contributed by atoms with Crippen LogP contribution in [0.1, 0.15) is 57.6 Å². The van der Waals surface area contributed by atoms with Crippen molar-refractivity contribution in [3.05, 3.63) is 72.3 Å². The summed E-state index contributed by atoms with van der Waals surface area (Å²) in [6.07, 6.45) is 5.01. The van der Waals surface area contributed by atoms with Crippen LogP contribution in [0.15, 0.2) is 48.5 Å². The number of rotatable bonds is 10. The Bertz CT molecular complexity index is 642. The molecule has 1 atom stereocenters. The minimum Gasteiger partial charge on any atom is -0.494 e. The van der Waals surface area contributed by atoms with Gasteiger partial charge in [-0.3, -0.25) is 0 Å². The van der Waals surface area contributed by atoms with Gasteiger partial charge >= 0.3 is 0 Å². The van der Waals surface area contributed by atoms with E-state index in [4.69, 9.17) is 11.3 Å². The summed E-state index contributed by atoms with van der Waals surface area (Å²) in [7, 11) is 0. The maximum atomic E-state index is 6.29. The molecule has 0 saturated heterocycles. The third-order valence-corrected chi connectivity index (χ3v) is 4.53. The maximum absolute atomic E-state index is 6.29. The summed E-state index contributed by atoms with van der Waals surface area (Å²) in [6.45, 7) is 13.9. The molecule has 2 radical (unpaired) electrons. The summed E-state index contributed by atoms with van der Waals surface area (Å²) in [5.74, 6) is 2.40. The lowest BCUT2D eigenvalue weighted by molar-refractivity contribution is 0.275. The molecule has 1 heteroatoms. The monoisotopic (exact) mass is 334 g/mol. The highest BCUT2D eigenvalue weighted by Gasteiger charge is 2.06. The molecular formula is C24H30O. The Kier molecular flexibility index (Phi) is 7.78. The fourth-order valence-corrected chi connectivity index (χ4v) is 2.88. The summed E-state index contributed by atoms with van der Waals surface area (Å²) in [4.78, 5) is 0. The zero-order valence-corrected chi connectivity index (χ0v) is 15.8. The van der Waals surface area contributed by atoms with E-state index >= 15 is 0 Å². The summed E-state index contributed by atoms with van der Waals surface area (Å²) in [5, 5.41) is 0. The Morgan fingerprint density at radius 2 is 1.76 bits per heavy atom. The van der Waals surface area contributed by atoms with Crippen LogP contribution in [0.3, 0.4) is 0 Å². The fourth-order valence-electron chi connectivity index (χ4n) is 2.88. The molecule has 0 aliphatic rings. The summed E-state index contributed by atoms with van der Waals surface area (Å²) in [5.41, 5.74) is 2.77. The van der Waals surface area contributed by atoms with Gasteiger partial charge in [0.1, 0.15) is 5.75 Å². The summed E-state index contributed by atoms with van der Waals surface area (Å²) >= 11 is 0. The van der Waals surface area contributed by atoms with E-state index in [1.165, 1.54) is 19.3 Å². The van der Waals surface area contributed by atoms with Crippen LogP contribution in [0, 0.1) is 24.5 Å². The minimum atomic E-state index is 0.708. The first-order valence-electron chi connectivity index (χ1n) is 9.38. The molecule has 1 unspecified atom stereocenters. The first-order chi connectivity index (χ1) is 12.1. The zero-order chi connectivity index (χ0) is 18.1. The van der Waals surface area contributed by atoms with Crippen molar-refractivity contribution in [1.82, 2.24) is 0 Å². The predicted molar refractivity (Wildman–Crippen MR) is 106 cm³/mol. The van der Waals surface area contributed by atoms with Gasteiger partial charge in [-0.1, -0.05) is 83.0 Å². The molecule has 2 rings (SSSR count). The van der Waals surface area contributed by atoms with Crippen LogP contribution in [-0.4, -0.2) is 6.61 Å². The molecule has 0 fully saturated rings. The first-order valence-corrected chi connectivity index (χ1v) is 9.38. The van der Waals surface area contributed by atoms with Gasteiger partial charge in [0.2, 0.25) is 0 Å². The van der Waals surface area contributed by atoms with E-state index in [1.54, 1.807) is 0 Å². The third kappa shape index (κ3) is 6.78. The highest BCUT2D eigenvalue weighted by atomic mass is 16.5. The molecule has 0 aliphatic heterocycles. The summed E-state index contributed by atoms with van der Waals surface area (Å²) in [6, 6.07) is 18.8. The van der Waals surface area contributed by atoms with E-state index in [-0.39, 0.29) is 0 Å². The van der Waals surface area contributed by atoms with Gasteiger partial charge in [-0.25, -0.2) is 0 Å². The average Bonchev–Trinajstić information content (AvgIpc) is 2.62. The Hall–Kier alpha value is -2.02. The van der Waals surface area contributed by atoms with E-state index in [2.05, 4.69) is 26.8 Å². The van der Waals surface area contributed by atoms with Crippen LogP contribution in [-0.2, 0) is 0 Å². The first kappa shape index (κ1) is 19.3. The second kappa shape index (κ2) is 10.1. The minimum absolute atomic E-state index is 0.708. The molecule has 0 N–H and O–H groups in total. The number of ether oxygens (including phenoxy) is 1. The molecule has 132 valence electrons. The van der Waals surface area contributed by atoms with Crippen LogP contribution < -0.4 is 4.74 Å². The Labute approximate surface area is 153 Å². The van der Waals surface area contributed by atoms with E-state index in [9.17, 15) is 0 Å². The van der Waals surface area contributed by atoms with Crippen molar-refractivity contribution in [1.29, 1.82) is 0 Å². The average molecular weight is 335 g/mol. The van der Waals surface area contributed by atoms with Gasteiger partial charge in [0.25, 0.3) is 0 Å². The molecule has 0 aliphatic carbocycles. The smallest absolute Gasteiger partial charge is 0.119 e. The van der Waals surface area contributed by atoms with Crippen molar-refractivity contribution in [3.63, 3.8) is 0 Å². The lowest BCUT2D eigenvalue weighted by Gasteiger charge is -2.14. The van der Waals surface area contributed by atoms with Gasteiger partial charge in [-0.2, -0.15) is 0 Å². The number of benzene rings is 2. The molecular weight excluding hydrogens is 304 g/mol. The summed E-state index contributed by atoms with van der Waals surface area (Å²) < 4.78 is 5.96. The molecule has 0 spiro atoms. The quantitative estimate of drug-likeness (QED) is 0.476. The van der Waals surface area contributed by atoms with Crippen LogP contribution in [0.2, 0.25) is 0 Å². The van der Waals surface area contributed by atoms with E-state index < -0.39 is 0 Å². The van der Waals surface area contributed by atoms with Crippen molar-refractivity contribution in [3.8, 4) is 5.75 Å². The second-order valence-electron chi connectivity index (χ2n) is 7.30. The molecule has 2 aromatic rings. The van der Waals surface area contributed by atoms with E-state index in [0.29, 0.717) is 5.92 Å². The molecule has 0 heterocycles. The fraction of sp³-hybridized carbons (Fsp3) is 0.417. The zero-order valence-electron chi connectivity index (χ0n) is 15.8. The van der Waals surface area contributed by atoms with Crippen molar-refractivity contribution in [2.45, 2.75) is 46.5 Å². The van der Waals surface area contributed by atoms with Crippen LogP contribution in [0.5, 0.6) is 5.75 Å². The highest BCUT2D eigenvalue weighted by Crippen LogP contribution is 2.25. The van der Waals surface area contributed by atoms with E-state index in [0.717, 1.165) is 41.4 Å². The maximum Gasteiger partial charge on any atom is 0.119 e. The largest absolute Gasteiger partial charge is 0.494 e. The van der Waals surface area contributed by atoms with Crippen molar-refractivity contribution in [2.24, 2.45) is 11.8 Å². The van der Waals surface area contributed by atoms with Crippen LogP contribution in [0.25, 0.3) is 5.57 Å². The molecule has 0 saturated carbocycles. The van der Waals surface area contributed by atoms with Crippen molar-refractivity contribution in [2.75, 3.05) is 6.61 Å². The Morgan fingerprint density at radius 3 is 2.48 bits per heavy atom. The lowest BCUT2D eigenvalue weighted by atomic mass is 9.97. The third-order valence-electron chi connectivity index (χ3n) is 4.53. The predicted octanol–water partition coefficient (Wildman–Crippen LogP) is 6.58. The van der Waals surface area contributed by atoms with Crippen LogP contribution >= 0.6 is 0 Å². The van der Waals surface area contributed by atoms with Gasteiger partial charge in [0, 0.05) is 0 Å². The molecule has 25 heavy (non-hydrogen) atoms. The second-order valence-corrected chi connectivity index (χ2v) is 7.30. The van der Waals surface area contributed by atoms with Crippen LogP contribution in [0.4, 0.5) is 0 Å². The number of hydrogen-bond donors (Lipinski definition) is 0. The lowest BCUT2D eigenvalue weighted by Crippen LogP contribution is -2.05. The molecule has 0 bridgehead atoms. The van der Waals surface area contributed by atoms with Gasteiger partial charge in [0.15, 0.2) is 0 Å². The van der Waals surface area contributed by atoms with Gasteiger partial charge in [0.05, 0.1) is 6.61 Å². The van der Waals surface area contributed by atoms with Gasteiger partial charge in [-0.05, 0) is 53.2 Å². The topological polar surface area (TPSA) is 9.23 Å². The SMILES string of the molecule is [CH]=C(c1cc[c]cc1)c1cccc(OCCC(C)CCCC(C)C)c1. The van der Waals surface area contributed by atoms with Gasteiger partial charge in [-0.15, -0.1) is 0 Å². The molecule has 0 aromatic heterocycles. The number of hydrogen-bond acceptors (Lipinski definition) is 1. The van der Waals surface area contributed by atoms with Crippen molar-refractivity contribution < 1.29 is 4.74 Å². The molecule has 2 aromatic carbocycles. The van der Waals surface area contributed by atoms with Gasteiger partial charge < -0.3 is 4.74 Å². The van der Waals surface area contributed by atoms with E-state index in [1.807, 2.05) is 48.5 Å².